The fraction of sp³-hybridized carbons (Fsp3) is 0.850. The van der Waals surface area contributed by atoms with Crippen LogP contribution in [0.4, 0.5) is 4.79 Å². The first kappa shape index (κ1) is 23.2. The van der Waals surface area contributed by atoms with E-state index in [0.29, 0.717) is 5.41 Å². The van der Waals surface area contributed by atoms with E-state index in [1.165, 1.54) is 32.1 Å². The second-order valence-corrected chi connectivity index (χ2v) is 8.60. The van der Waals surface area contributed by atoms with Gasteiger partial charge < -0.3 is 15.5 Å². The average molecular weight is 505 g/mol. The molecule has 0 aromatic carbocycles. The summed E-state index contributed by atoms with van der Waals surface area (Å²) in [6.07, 6.45) is 8.19. The number of imide groups is 1. The Morgan fingerprint density at radius 2 is 1.86 bits per heavy atom. The molecule has 3 aliphatic rings. The summed E-state index contributed by atoms with van der Waals surface area (Å²) in [5, 5.41) is 8.67. The maximum atomic E-state index is 12.2. The van der Waals surface area contributed by atoms with Crippen molar-refractivity contribution < 1.29 is 9.59 Å². The summed E-state index contributed by atoms with van der Waals surface area (Å²) in [5.74, 6) is 0.957. The summed E-state index contributed by atoms with van der Waals surface area (Å²) in [4.78, 5) is 31.1. The van der Waals surface area contributed by atoms with Crippen LogP contribution in [0, 0.1) is 11.3 Å². The third-order valence-corrected chi connectivity index (χ3v) is 7.00. The second-order valence-electron chi connectivity index (χ2n) is 8.60. The van der Waals surface area contributed by atoms with Crippen LogP contribution < -0.4 is 16.0 Å². The fourth-order valence-electron chi connectivity index (χ4n) is 4.93. The number of urea groups is 1. The smallest absolute Gasteiger partial charge is 0.322 e. The summed E-state index contributed by atoms with van der Waals surface area (Å²) in [6.45, 7) is 9.71. The number of carbonyl (C=O) groups excluding carboxylic acids is 2. The van der Waals surface area contributed by atoms with Crippen molar-refractivity contribution in [2.45, 2.75) is 71.3 Å². The molecule has 28 heavy (non-hydrogen) atoms. The van der Waals surface area contributed by atoms with Crippen molar-refractivity contribution in [1.82, 2.24) is 20.9 Å². The highest BCUT2D eigenvalue weighted by Gasteiger charge is 2.48. The number of halogens is 1. The fourth-order valence-corrected chi connectivity index (χ4v) is 4.93. The van der Waals surface area contributed by atoms with Crippen molar-refractivity contribution >= 4 is 41.9 Å². The van der Waals surface area contributed by atoms with Gasteiger partial charge in [-0.25, -0.2) is 4.79 Å². The number of hydrogen-bond acceptors (Lipinski definition) is 3. The van der Waals surface area contributed by atoms with Gasteiger partial charge in [-0.05, 0) is 57.3 Å². The Bertz CT molecular complexity index is 597. The molecule has 0 aromatic heterocycles. The van der Waals surface area contributed by atoms with Crippen LogP contribution >= 0.6 is 24.0 Å². The highest BCUT2D eigenvalue weighted by Crippen LogP contribution is 2.41. The molecule has 3 fully saturated rings. The molecule has 1 unspecified atom stereocenters. The molecule has 7 nitrogen and oxygen atoms in total. The zero-order valence-corrected chi connectivity index (χ0v) is 19.8. The normalized spacial score (nSPS) is 28.0. The third kappa shape index (κ3) is 4.74. The Kier molecular flexibility index (Phi) is 7.98. The number of amides is 3. The zero-order chi connectivity index (χ0) is 19.5. The first-order valence-corrected chi connectivity index (χ1v) is 10.6. The number of piperidine rings is 1. The van der Waals surface area contributed by atoms with E-state index in [4.69, 9.17) is 4.99 Å². The summed E-state index contributed by atoms with van der Waals surface area (Å²) < 4.78 is 0. The van der Waals surface area contributed by atoms with E-state index in [1.54, 1.807) is 0 Å². The highest BCUT2D eigenvalue weighted by atomic mass is 127. The second kappa shape index (κ2) is 9.63. The lowest BCUT2D eigenvalue weighted by molar-refractivity contribution is -0.125. The van der Waals surface area contributed by atoms with Crippen LogP contribution in [0.1, 0.15) is 65.7 Å². The molecule has 0 bridgehead atoms. The van der Waals surface area contributed by atoms with E-state index in [9.17, 15) is 9.59 Å². The van der Waals surface area contributed by atoms with Gasteiger partial charge in [0.2, 0.25) is 0 Å². The molecule has 0 spiro atoms. The van der Waals surface area contributed by atoms with Gasteiger partial charge in [0.25, 0.3) is 5.91 Å². The molecule has 3 amide bonds. The quantitative estimate of drug-likeness (QED) is 0.232. The van der Waals surface area contributed by atoms with Crippen molar-refractivity contribution in [2.24, 2.45) is 16.3 Å². The molecule has 3 N–H and O–H groups in total. The monoisotopic (exact) mass is 505 g/mol. The van der Waals surface area contributed by atoms with E-state index >= 15 is 0 Å². The molecule has 160 valence electrons. The number of nitrogens with zero attached hydrogens (tertiary/aromatic N) is 2. The molecule has 1 saturated carbocycles. The predicted octanol–water partition coefficient (Wildman–Crippen LogP) is 2.85. The highest BCUT2D eigenvalue weighted by molar-refractivity contribution is 14.0. The largest absolute Gasteiger partial charge is 0.357 e. The first-order valence-electron chi connectivity index (χ1n) is 10.6. The van der Waals surface area contributed by atoms with Gasteiger partial charge in [0.05, 0.1) is 0 Å². The standard InChI is InChI=1S/C20H35N5O2.HI/c1-4-20(10-6-7-11-20)14-22-17(21-5-2)25-12-8-15(9-13-25)19(3)16(26)23-18(27)24-19;/h15H,4-14H2,1-3H3,(H,21,22)(H2,23,24,26,27);1H. The van der Waals surface area contributed by atoms with Crippen LogP contribution in [0.25, 0.3) is 0 Å². The van der Waals surface area contributed by atoms with Crippen LogP contribution in [0.5, 0.6) is 0 Å². The number of hydrogen-bond donors (Lipinski definition) is 3. The van der Waals surface area contributed by atoms with E-state index in [2.05, 4.69) is 34.7 Å². The molecule has 2 heterocycles. The lowest BCUT2D eigenvalue weighted by Crippen LogP contribution is -2.55. The molecule has 2 aliphatic heterocycles. The van der Waals surface area contributed by atoms with Gasteiger partial charge in [-0.3, -0.25) is 15.1 Å². The molecule has 8 heteroatoms. The number of likely N-dealkylation sites (tertiary alicyclic amines) is 1. The van der Waals surface area contributed by atoms with Crippen LogP contribution in [-0.4, -0.2) is 54.5 Å². The Balaban J connectivity index is 0.00000280. The van der Waals surface area contributed by atoms with Gasteiger partial charge in [0, 0.05) is 26.2 Å². The van der Waals surface area contributed by atoms with E-state index in [1.807, 2.05) is 6.92 Å². The van der Waals surface area contributed by atoms with Crippen molar-refractivity contribution in [3.63, 3.8) is 0 Å². The number of rotatable bonds is 5. The molecule has 0 aromatic rings. The van der Waals surface area contributed by atoms with E-state index in [0.717, 1.165) is 45.0 Å². The van der Waals surface area contributed by atoms with Gasteiger partial charge in [0.1, 0.15) is 5.54 Å². The lowest BCUT2D eigenvalue weighted by atomic mass is 9.79. The molecule has 3 rings (SSSR count). The SMILES string of the molecule is CCNC(=NCC1(CC)CCCC1)N1CCC(C2(C)NC(=O)NC2=O)CC1.I. The predicted molar refractivity (Wildman–Crippen MR) is 122 cm³/mol. The maximum Gasteiger partial charge on any atom is 0.322 e. The Morgan fingerprint density at radius 1 is 1.21 bits per heavy atom. The molecule has 0 radical (unpaired) electrons. The van der Waals surface area contributed by atoms with Crippen molar-refractivity contribution in [2.75, 3.05) is 26.2 Å². The Morgan fingerprint density at radius 3 is 2.36 bits per heavy atom. The average Bonchev–Trinajstić information content (AvgIpc) is 3.24. The summed E-state index contributed by atoms with van der Waals surface area (Å²) >= 11 is 0. The van der Waals surface area contributed by atoms with Gasteiger partial charge in [-0.1, -0.05) is 19.8 Å². The van der Waals surface area contributed by atoms with Gasteiger partial charge in [-0.15, -0.1) is 24.0 Å². The minimum Gasteiger partial charge on any atom is -0.357 e. The van der Waals surface area contributed by atoms with Crippen LogP contribution in [0.15, 0.2) is 4.99 Å². The molecule has 1 atom stereocenters. The molecule has 2 saturated heterocycles. The van der Waals surface area contributed by atoms with E-state index in [-0.39, 0.29) is 41.8 Å². The van der Waals surface area contributed by atoms with Gasteiger partial charge in [0.15, 0.2) is 5.96 Å². The van der Waals surface area contributed by atoms with Crippen molar-refractivity contribution in [1.29, 1.82) is 0 Å². The Hall–Kier alpha value is -1.06. The summed E-state index contributed by atoms with van der Waals surface area (Å²) in [7, 11) is 0. The van der Waals surface area contributed by atoms with Gasteiger partial charge in [-0.2, -0.15) is 0 Å². The van der Waals surface area contributed by atoms with Crippen LogP contribution in [0.2, 0.25) is 0 Å². The Labute approximate surface area is 185 Å². The number of nitrogens with one attached hydrogen (secondary N) is 3. The number of carbonyl (C=O) groups is 2. The van der Waals surface area contributed by atoms with Crippen LogP contribution in [-0.2, 0) is 4.79 Å². The first-order chi connectivity index (χ1) is 12.9. The maximum absolute atomic E-state index is 12.2. The minimum absolute atomic E-state index is 0. The molecular formula is C20H36IN5O2. The van der Waals surface area contributed by atoms with Crippen LogP contribution in [0.3, 0.4) is 0 Å². The summed E-state index contributed by atoms with van der Waals surface area (Å²) in [5.41, 5.74) is -0.395. The zero-order valence-electron chi connectivity index (χ0n) is 17.5. The number of aliphatic imine (C=N–C) groups is 1. The number of guanidine groups is 1. The van der Waals surface area contributed by atoms with Gasteiger partial charge >= 0.3 is 6.03 Å². The molecular weight excluding hydrogens is 469 g/mol. The molecule has 1 aliphatic carbocycles. The summed E-state index contributed by atoms with van der Waals surface area (Å²) in [6, 6.07) is -0.374. The third-order valence-electron chi connectivity index (χ3n) is 7.00. The van der Waals surface area contributed by atoms with Crippen molar-refractivity contribution in [3.05, 3.63) is 0 Å². The topological polar surface area (TPSA) is 85.8 Å². The lowest BCUT2D eigenvalue weighted by Gasteiger charge is -2.40. The van der Waals surface area contributed by atoms with E-state index < -0.39 is 5.54 Å². The minimum atomic E-state index is -0.783. The van der Waals surface area contributed by atoms with Crippen molar-refractivity contribution in [3.8, 4) is 0 Å².